The normalized spacial score (nSPS) is 24.9. The van der Waals surface area contributed by atoms with Crippen LogP contribution < -0.4 is 10.6 Å². The summed E-state index contributed by atoms with van der Waals surface area (Å²) in [6, 6.07) is -0.682. The largest absolute Gasteiger partial charge is 0.322 e. The predicted octanol–water partition coefficient (Wildman–Crippen LogP) is 0.266. The summed E-state index contributed by atoms with van der Waals surface area (Å²) in [7, 11) is -3.73. The van der Waals surface area contributed by atoms with E-state index in [9.17, 15) is 18.0 Å². The second kappa shape index (κ2) is 7.24. The summed E-state index contributed by atoms with van der Waals surface area (Å²) < 4.78 is 26.7. The molecule has 2 fully saturated rings. The highest BCUT2D eigenvalue weighted by Gasteiger charge is 2.46. The molecule has 2 aliphatic heterocycles. The molecule has 1 aromatic rings. The summed E-state index contributed by atoms with van der Waals surface area (Å²) in [5.41, 5.74) is 0.105. The third-order valence-electron chi connectivity index (χ3n) is 5.14. The van der Waals surface area contributed by atoms with Crippen molar-refractivity contribution in [2.24, 2.45) is 0 Å². The number of aromatic nitrogens is 2. The lowest BCUT2D eigenvalue weighted by molar-refractivity contribution is -0.122. The van der Waals surface area contributed by atoms with Gasteiger partial charge < -0.3 is 5.32 Å². The fourth-order valence-electron chi connectivity index (χ4n) is 3.26. The number of carbonyl (C=O) groups is 2. The van der Waals surface area contributed by atoms with Gasteiger partial charge in [-0.15, -0.1) is 0 Å². The van der Waals surface area contributed by atoms with Gasteiger partial charge in [0.2, 0.25) is 10.0 Å². The molecule has 0 aromatic carbocycles. The molecule has 1 saturated heterocycles. The molecular formula is C19H21N5O4S. The fraction of sp³-hybridized carbons (Fsp3) is 0.474. The Balaban J connectivity index is 1.39. The predicted molar refractivity (Wildman–Crippen MR) is 104 cm³/mol. The Hall–Kier alpha value is -2.77. The Kier molecular flexibility index (Phi) is 4.88. The first kappa shape index (κ1) is 19.5. The fourth-order valence-corrected chi connectivity index (χ4v) is 5.05. The highest BCUT2D eigenvalue weighted by Crippen LogP contribution is 2.37. The molecule has 2 N–H and O–H groups in total. The van der Waals surface area contributed by atoms with E-state index < -0.39 is 33.3 Å². The van der Waals surface area contributed by atoms with Crippen molar-refractivity contribution in [3.8, 4) is 11.8 Å². The molecule has 0 bridgehead atoms. The van der Waals surface area contributed by atoms with Crippen LogP contribution in [0.15, 0.2) is 24.0 Å². The number of sulfonamides is 1. The third kappa shape index (κ3) is 4.31. The van der Waals surface area contributed by atoms with Crippen LogP contribution in [0.4, 0.5) is 4.79 Å². The molecule has 1 aromatic heterocycles. The lowest BCUT2D eigenvalue weighted by atomic mass is 10.1. The van der Waals surface area contributed by atoms with Crippen molar-refractivity contribution >= 4 is 22.0 Å². The smallest absolute Gasteiger partial charge is 0.322 e. The van der Waals surface area contributed by atoms with Gasteiger partial charge in [0.25, 0.3) is 5.91 Å². The standard InChI is InChI=1S/C19H21N5O4S/c1-19(17(25)22-18(26)23-19)12-29(27,28)24-8-6-13(7-9-24)2-3-14-10-20-16(21-11-14)15-4-5-15/h6,10-11,15H,4-5,7-9,12H2,1H3,(H2,22,23,25,26). The zero-order valence-corrected chi connectivity index (χ0v) is 16.8. The summed E-state index contributed by atoms with van der Waals surface area (Å²) in [5.74, 6) is 6.31. The number of urea groups is 1. The van der Waals surface area contributed by atoms with Crippen LogP contribution >= 0.6 is 0 Å². The van der Waals surface area contributed by atoms with Gasteiger partial charge in [-0.25, -0.2) is 23.2 Å². The first-order valence-corrected chi connectivity index (χ1v) is 11.0. The molecule has 1 unspecified atom stereocenters. The van der Waals surface area contributed by atoms with E-state index in [1.807, 2.05) is 0 Å². The van der Waals surface area contributed by atoms with Crippen LogP contribution in [0, 0.1) is 11.8 Å². The van der Waals surface area contributed by atoms with Gasteiger partial charge in [0, 0.05) is 37.0 Å². The average molecular weight is 415 g/mol. The first-order chi connectivity index (χ1) is 13.7. The molecule has 9 nitrogen and oxygen atoms in total. The van der Waals surface area contributed by atoms with Crippen LogP contribution in [-0.4, -0.2) is 59.0 Å². The summed E-state index contributed by atoms with van der Waals surface area (Å²) >= 11 is 0. The molecule has 29 heavy (non-hydrogen) atoms. The van der Waals surface area contributed by atoms with Crippen LogP contribution in [0.3, 0.4) is 0 Å². The maximum atomic E-state index is 12.7. The summed E-state index contributed by atoms with van der Waals surface area (Å²) in [6.45, 7) is 1.85. The van der Waals surface area contributed by atoms with Crippen molar-refractivity contribution in [2.75, 3.05) is 18.8 Å². The molecule has 10 heteroatoms. The number of imide groups is 1. The van der Waals surface area contributed by atoms with Gasteiger partial charge >= 0.3 is 6.03 Å². The zero-order chi connectivity index (χ0) is 20.6. The van der Waals surface area contributed by atoms with Crippen LogP contribution in [0.5, 0.6) is 0 Å². The Morgan fingerprint density at radius 1 is 1.24 bits per heavy atom. The molecule has 0 radical (unpaired) electrons. The van der Waals surface area contributed by atoms with Crippen LogP contribution in [-0.2, 0) is 14.8 Å². The topological polar surface area (TPSA) is 121 Å². The number of hydrogen-bond acceptors (Lipinski definition) is 6. The van der Waals surface area contributed by atoms with E-state index >= 15 is 0 Å². The van der Waals surface area contributed by atoms with Gasteiger partial charge in [-0.05, 0) is 26.2 Å². The Labute approximate surface area is 169 Å². The van der Waals surface area contributed by atoms with Crippen LogP contribution in [0.1, 0.15) is 43.5 Å². The zero-order valence-electron chi connectivity index (χ0n) is 15.9. The van der Waals surface area contributed by atoms with E-state index in [4.69, 9.17) is 0 Å². The van der Waals surface area contributed by atoms with E-state index in [1.54, 1.807) is 18.5 Å². The minimum Gasteiger partial charge on any atom is -0.322 e. The van der Waals surface area contributed by atoms with E-state index in [0.717, 1.165) is 29.8 Å². The lowest BCUT2D eigenvalue weighted by Crippen LogP contribution is -2.52. The third-order valence-corrected chi connectivity index (χ3v) is 7.20. The minimum absolute atomic E-state index is 0.176. The second-order valence-electron chi connectivity index (χ2n) is 7.69. The number of carbonyl (C=O) groups excluding carboxylic acids is 2. The van der Waals surface area contributed by atoms with E-state index in [-0.39, 0.29) is 13.1 Å². The Morgan fingerprint density at radius 3 is 2.52 bits per heavy atom. The molecule has 152 valence electrons. The van der Waals surface area contributed by atoms with Gasteiger partial charge in [0.1, 0.15) is 11.4 Å². The summed E-state index contributed by atoms with van der Waals surface area (Å²) in [4.78, 5) is 31.9. The molecule has 3 aliphatic rings. The first-order valence-electron chi connectivity index (χ1n) is 9.40. The summed E-state index contributed by atoms with van der Waals surface area (Å²) in [5, 5.41) is 4.46. The molecule has 3 heterocycles. The second-order valence-corrected chi connectivity index (χ2v) is 9.66. The monoisotopic (exact) mass is 415 g/mol. The average Bonchev–Trinajstić information content (AvgIpc) is 3.48. The van der Waals surface area contributed by atoms with Crippen molar-refractivity contribution in [1.29, 1.82) is 0 Å². The van der Waals surface area contributed by atoms with Crippen molar-refractivity contribution < 1.29 is 18.0 Å². The van der Waals surface area contributed by atoms with Gasteiger partial charge in [-0.3, -0.25) is 10.1 Å². The number of nitrogens with one attached hydrogen (secondary N) is 2. The van der Waals surface area contributed by atoms with Gasteiger partial charge in [0.05, 0.1) is 11.3 Å². The Bertz CT molecular complexity index is 1050. The molecule has 1 atom stereocenters. The van der Waals surface area contributed by atoms with Crippen molar-refractivity contribution in [1.82, 2.24) is 24.9 Å². The molecule has 3 amide bonds. The summed E-state index contributed by atoms with van der Waals surface area (Å²) in [6.07, 6.45) is 7.97. The van der Waals surface area contributed by atoms with E-state index in [1.165, 1.54) is 11.2 Å². The highest BCUT2D eigenvalue weighted by molar-refractivity contribution is 7.89. The maximum Gasteiger partial charge on any atom is 0.322 e. The number of hydrogen-bond donors (Lipinski definition) is 2. The maximum absolute atomic E-state index is 12.7. The number of amides is 3. The number of rotatable bonds is 4. The molecule has 0 spiro atoms. The molecular weight excluding hydrogens is 394 g/mol. The lowest BCUT2D eigenvalue weighted by Gasteiger charge is -2.28. The van der Waals surface area contributed by atoms with Crippen molar-refractivity contribution in [3.63, 3.8) is 0 Å². The van der Waals surface area contributed by atoms with Crippen molar-refractivity contribution in [2.45, 2.75) is 37.6 Å². The SMILES string of the molecule is CC1(CS(=O)(=O)N2CC=C(C#Cc3cnc(C4CC4)nc3)CC2)NC(=O)NC1=O. The van der Waals surface area contributed by atoms with E-state index in [0.29, 0.717) is 12.3 Å². The van der Waals surface area contributed by atoms with Gasteiger partial charge in [0.15, 0.2) is 0 Å². The Morgan fingerprint density at radius 2 is 1.97 bits per heavy atom. The highest BCUT2D eigenvalue weighted by atomic mass is 32.2. The van der Waals surface area contributed by atoms with Crippen LogP contribution in [0.25, 0.3) is 0 Å². The molecule has 4 rings (SSSR count). The molecule has 1 aliphatic carbocycles. The quantitative estimate of drug-likeness (QED) is 0.538. The van der Waals surface area contributed by atoms with Crippen molar-refractivity contribution in [3.05, 3.63) is 35.4 Å². The van der Waals surface area contributed by atoms with Crippen LogP contribution in [0.2, 0.25) is 0 Å². The molecule has 1 saturated carbocycles. The number of nitrogens with zero attached hydrogens (tertiary/aromatic N) is 3. The minimum atomic E-state index is -3.73. The van der Waals surface area contributed by atoms with Gasteiger partial charge in [-0.1, -0.05) is 17.9 Å². The van der Waals surface area contributed by atoms with Gasteiger partial charge in [-0.2, -0.15) is 4.31 Å². The van der Waals surface area contributed by atoms with E-state index in [2.05, 4.69) is 32.4 Å².